The summed E-state index contributed by atoms with van der Waals surface area (Å²) in [5.41, 5.74) is 9.89. The predicted octanol–water partition coefficient (Wildman–Crippen LogP) is 5.99. The van der Waals surface area contributed by atoms with E-state index < -0.39 is 0 Å². The highest BCUT2D eigenvalue weighted by atomic mass is 14.3. The molecule has 0 saturated heterocycles. The molecule has 0 N–H and O–H groups in total. The van der Waals surface area contributed by atoms with Crippen LogP contribution in [0, 0.1) is 0 Å². The minimum atomic E-state index is 1.05. The van der Waals surface area contributed by atoms with Gasteiger partial charge in [-0.25, -0.2) is 0 Å². The average molecular weight is 296 g/mol. The minimum Gasteiger partial charge on any atom is -0.0622 e. The topological polar surface area (TPSA) is 0 Å². The molecule has 112 valence electrons. The maximum absolute atomic E-state index is 2.30. The van der Waals surface area contributed by atoms with E-state index in [1.54, 1.807) is 0 Å². The summed E-state index contributed by atoms with van der Waals surface area (Å²) in [4.78, 5) is 0. The van der Waals surface area contributed by atoms with Crippen LogP contribution in [0.5, 0.6) is 0 Å². The number of fused-ring (bicyclic) bond motifs is 3. The fraction of sp³-hybridized carbons (Fsp3) is 0.130. The third-order valence-electron chi connectivity index (χ3n) is 4.73. The average Bonchev–Trinajstić information content (AvgIpc) is 3.00. The lowest BCUT2D eigenvalue weighted by Crippen LogP contribution is -1.92. The van der Waals surface area contributed by atoms with E-state index >= 15 is 0 Å². The second-order valence-electron chi connectivity index (χ2n) is 6.10. The lowest BCUT2D eigenvalue weighted by atomic mass is 9.94. The Kier molecular flexibility index (Phi) is 3.59. The van der Waals surface area contributed by atoms with Crippen molar-refractivity contribution < 1.29 is 0 Å². The molecule has 0 amide bonds. The highest BCUT2D eigenvalue weighted by Gasteiger charge is 2.22. The lowest BCUT2D eigenvalue weighted by Gasteiger charge is -2.10. The monoisotopic (exact) mass is 296 g/mol. The quantitative estimate of drug-likeness (QED) is 0.407. The van der Waals surface area contributed by atoms with Crippen LogP contribution in [-0.4, -0.2) is 0 Å². The van der Waals surface area contributed by atoms with E-state index in [1.165, 1.54) is 38.9 Å². The van der Waals surface area contributed by atoms with Crippen LogP contribution >= 0.6 is 0 Å². The van der Waals surface area contributed by atoms with E-state index in [9.17, 15) is 0 Å². The first kappa shape index (κ1) is 14.0. The maximum Gasteiger partial charge on any atom is -0.000740 e. The van der Waals surface area contributed by atoms with Crippen molar-refractivity contribution in [2.24, 2.45) is 0 Å². The molecule has 1 aliphatic carbocycles. The Morgan fingerprint density at radius 2 is 1.61 bits per heavy atom. The van der Waals surface area contributed by atoms with Gasteiger partial charge in [0.2, 0.25) is 0 Å². The first-order valence-corrected chi connectivity index (χ1v) is 8.33. The Morgan fingerprint density at radius 1 is 0.826 bits per heavy atom. The van der Waals surface area contributed by atoms with Crippen molar-refractivity contribution in [3.8, 4) is 11.1 Å². The molecule has 23 heavy (non-hydrogen) atoms. The first-order chi connectivity index (χ1) is 11.4. The summed E-state index contributed by atoms with van der Waals surface area (Å²) in [5.74, 6) is 0. The molecule has 0 spiro atoms. The van der Waals surface area contributed by atoms with Crippen LogP contribution in [0.2, 0.25) is 0 Å². The van der Waals surface area contributed by atoms with Gasteiger partial charge in [-0.05, 0) is 51.8 Å². The number of hydrogen-bond donors (Lipinski definition) is 0. The number of benzene rings is 3. The largest absolute Gasteiger partial charge is 0.0622 e. The standard InChI is InChI=1S/C23H20/c1-2-18-14-15-19(13-12-17-8-4-3-5-9-17)22-16-20-10-6-7-11-21(20)23(18)22/h3-15H,2,16H2,1H3. The van der Waals surface area contributed by atoms with Gasteiger partial charge >= 0.3 is 0 Å². The van der Waals surface area contributed by atoms with Gasteiger partial charge in [0.15, 0.2) is 0 Å². The van der Waals surface area contributed by atoms with Crippen LogP contribution in [0.15, 0.2) is 66.7 Å². The Morgan fingerprint density at radius 3 is 2.43 bits per heavy atom. The summed E-state index contributed by atoms with van der Waals surface area (Å²) in [6.45, 7) is 2.25. The number of rotatable bonds is 3. The normalized spacial score (nSPS) is 12.4. The van der Waals surface area contributed by atoms with Gasteiger partial charge in [0.05, 0.1) is 0 Å². The molecule has 1 aliphatic rings. The SMILES string of the molecule is CCc1ccc(C=Cc2ccccc2)c2c1-c1ccccc1C2. The Bertz CT molecular complexity index is 870. The van der Waals surface area contributed by atoms with E-state index in [0.717, 1.165) is 12.8 Å². The van der Waals surface area contributed by atoms with Gasteiger partial charge in [-0.1, -0.05) is 85.8 Å². The van der Waals surface area contributed by atoms with Gasteiger partial charge in [-0.3, -0.25) is 0 Å². The van der Waals surface area contributed by atoms with E-state index in [-0.39, 0.29) is 0 Å². The zero-order valence-electron chi connectivity index (χ0n) is 13.4. The van der Waals surface area contributed by atoms with Crippen molar-refractivity contribution in [1.82, 2.24) is 0 Å². The molecule has 3 aromatic rings. The van der Waals surface area contributed by atoms with Crippen molar-refractivity contribution in [2.45, 2.75) is 19.8 Å². The van der Waals surface area contributed by atoms with Crippen molar-refractivity contribution >= 4 is 12.2 Å². The molecule has 0 heteroatoms. The summed E-state index contributed by atoms with van der Waals surface area (Å²) in [6.07, 6.45) is 6.61. The van der Waals surface area contributed by atoms with Crippen LogP contribution in [-0.2, 0) is 12.8 Å². The van der Waals surface area contributed by atoms with Crippen LogP contribution in [0.4, 0.5) is 0 Å². The summed E-state index contributed by atoms with van der Waals surface area (Å²) >= 11 is 0. The molecule has 4 rings (SSSR count). The summed E-state index contributed by atoms with van der Waals surface area (Å²) < 4.78 is 0. The van der Waals surface area contributed by atoms with Gasteiger partial charge in [0, 0.05) is 0 Å². The van der Waals surface area contributed by atoms with Gasteiger partial charge in [-0.2, -0.15) is 0 Å². The van der Waals surface area contributed by atoms with E-state index in [4.69, 9.17) is 0 Å². The fourth-order valence-electron chi connectivity index (χ4n) is 3.55. The third kappa shape index (κ3) is 2.51. The number of hydrogen-bond acceptors (Lipinski definition) is 0. The van der Waals surface area contributed by atoms with E-state index in [0.29, 0.717) is 0 Å². The molecule has 0 unspecified atom stereocenters. The Balaban J connectivity index is 1.81. The molecule has 0 saturated carbocycles. The second kappa shape index (κ2) is 5.89. The maximum atomic E-state index is 2.30. The second-order valence-corrected chi connectivity index (χ2v) is 6.10. The van der Waals surface area contributed by atoms with Crippen LogP contribution < -0.4 is 0 Å². The molecular weight excluding hydrogens is 276 g/mol. The molecule has 0 heterocycles. The summed E-state index contributed by atoms with van der Waals surface area (Å²) in [7, 11) is 0. The van der Waals surface area contributed by atoms with Crippen LogP contribution in [0.3, 0.4) is 0 Å². The van der Waals surface area contributed by atoms with Gasteiger partial charge in [-0.15, -0.1) is 0 Å². The minimum absolute atomic E-state index is 1.05. The van der Waals surface area contributed by atoms with Crippen LogP contribution in [0.1, 0.15) is 34.7 Å². The number of aryl methyl sites for hydroxylation is 1. The molecule has 0 nitrogen and oxygen atoms in total. The van der Waals surface area contributed by atoms with Crippen molar-refractivity contribution in [1.29, 1.82) is 0 Å². The molecule has 0 radical (unpaired) electrons. The Hall–Kier alpha value is -2.60. The molecule has 0 fully saturated rings. The van der Waals surface area contributed by atoms with Crippen molar-refractivity contribution in [2.75, 3.05) is 0 Å². The molecule has 0 bridgehead atoms. The summed E-state index contributed by atoms with van der Waals surface area (Å²) in [6, 6.07) is 23.9. The van der Waals surface area contributed by atoms with E-state index in [2.05, 4.69) is 85.8 Å². The molecule has 3 aromatic carbocycles. The third-order valence-corrected chi connectivity index (χ3v) is 4.73. The Labute approximate surface area is 138 Å². The van der Waals surface area contributed by atoms with Crippen LogP contribution in [0.25, 0.3) is 23.3 Å². The highest BCUT2D eigenvalue weighted by molar-refractivity contribution is 5.85. The van der Waals surface area contributed by atoms with Gasteiger partial charge in [0.25, 0.3) is 0 Å². The smallest absolute Gasteiger partial charge is 0.000740 e. The van der Waals surface area contributed by atoms with Crippen molar-refractivity contribution in [3.05, 3.63) is 94.5 Å². The van der Waals surface area contributed by atoms with Gasteiger partial charge in [0.1, 0.15) is 0 Å². The van der Waals surface area contributed by atoms with E-state index in [1.807, 2.05) is 0 Å². The predicted molar refractivity (Wildman–Crippen MR) is 99.4 cm³/mol. The zero-order chi connectivity index (χ0) is 15.6. The zero-order valence-corrected chi connectivity index (χ0v) is 13.4. The lowest BCUT2D eigenvalue weighted by molar-refractivity contribution is 1.13. The molecule has 0 aliphatic heterocycles. The molecule has 0 aromatic heterocycles. The van der Waals surface area contributed by atoms with Gasteiger partial charge < -0.3 is 0 Å². The molecule has 0 atom stereocenters. The van der Waals surface area contributed by atoms with Crippen molar-refractivity contribution in [3.63, 3.8) is 0 Å². The summed E-state index contributed by atoms with van der Waals surface area (Å²) in [5, 5.41) is 0. The highest BCUT2D eigenvalue weighted by Crippen LogP contribution is 2.41. The molecular formula is C23H20. The first-order valence-electron chi connectivity index (χ1n) is 8.33. The fourth-order valence-corrected chi connectivity index (χ4v) is 3.55.